The molecule has 0 fully saturated rings. The molecule has 2 rings (SSSR count). The summed E-state index contributed by atoms with van der Waals surface area (Å²) >= 11 is 1.41. The molecule has 3 N–H and O–H groups in total. The lowest BCUT2D eigenvalue weighted by Gasteiger charge is -2.05. The average molecular weight is 278 g/mol. The first kappa shape index (κ1) is 13.3. The second kappa shape index (κ2) is 6.14. The van der Waals surface area contributed by atoms with E-state index >= 15 is 0 Å². The molecule has 2 aromatic rings. The summed E-state index contributed by atoms with van der Waals surface area (Å²) in [6.45, 7) is 2.65. The fourth-order valence-corrected chi connectivity index (χ4v) is 2.36. The fourth-order valence-electron chi connectivity index (χ4n) is 1.52. The molecule has 0 aliphatic rings. The minimum atomic E-state index is -0.237. The van der Waals surface area contributed by atoms with Gasteiger partial charge in [-0.2, -0.15) is 5.10 Å². The Kier molecular flexibility index (Phi) is 4.30. The van der Waals surface area contributed by atoms with Crippen molar-refractivity contribution in [1.29, 1.82) is 0 Å². The second-order valence-electron chi connectivity index (χ2n) is 3.91. The van der Waals surface area contributed by atoms with Gasteiger partial charge >= 0.3 is 0 Å². The number of aromatic nitrogens is 2. The van der Waals surface area contributed by atoms with Crippen LogP contribution >= 0.6 is 11.3 Å². The van der Waals surface area contributed by atoms with E-state index in [-0.39, 0.29) is 11.8 Å². The zero-order valence-corrected chi connectivity index (χ0v) is 11.2. The highest BCUT2D eigenvalue weighted by Crippen LogP contribution is 2.14. The Hall–Kier alpha value is -2.15. The van der Waals surface area contributed by atoms with Gasteiger partial charge in [-0.15, -0.1) is 11.3 Å². The van der Waals surface area contributed by atoms with Crippen LogP contribution in [0.15, 0.2) is 23.7 Å². The highest BCUT2D eigenvalue weighted by atomic mass is 32.1. The van der Waals surface area contributed by atoms with Crippen LogP contribution in [0.1, 0.15) is 25.7 Å². The Morgan fingerprint density at radius 1 is 1.26 bits per heavy atom. The summed E-state index contributed by atoms with van der Waals surface area (Å²) in [7, 11) is 0. The monoisotopic (exact) mass is 278 g/mol. The Morgan fingerprint density at radius 2 is 2.00 bits per heavy atom. The van der Waals surface area contributed by atoms with E-state index in [1.165, 1.54) is 17.5 Å². The van der Waals surface area contributed by atoms with Gasteiger partial charge in [-0.05, 0) is 30.0 Å². The molecule has 0 saturated heterocycles. The summed E-state index contributed by atoms with van der Waals surface area (Å²) in [5, 5.41) is 13.6. The number of amides is 2. The molecule has 0 aliphatic carbocycles. The molecule has 2 heterocycles. The predicted molar refractivity (Wildman–Crippen MR) is 72.3 cm³/mol. The molecule has 0 saturated carbocycles. The molecule has 6 nitrogen and oxygen atoms in total. The van der Waals surface area contributed by atoms with Gasteiger partial charge in [0.2, 0.25) is 0 Å². The molecule has 0 bridgehead atoms. The van der Waals surface area contributed by atoms with E-state index in [0.717, 1.165) is 5.56 Å². The third-order valence-corrected chi connectivity index (χ3v) is 3.53. The number of thiophene rings is 1. The van der Waals surface area contributed by atoms with E-state index in [0.29, 0.717) is 23.7 Å². The topological polar surface area (TPSA) is 86.9 Å². The van der Waals surface area contributed by atoms with Crippen molar-refractivity contribution in [2.75, 3.05) is 13.1 Å². The summed E-state index contributed by atoms with van der Waals surface area (Å²) in [5.74, 6) is -0.345. The highest BCUT2D eigenvalue weighted by molar-refractivity contribution is 7.12. The Morgan fingerprint density at radius 3 is 2.58 bits per heavy atom. The maximum Gasteiger partial charge on any atom is 0.269 e. The number of H-pyrrole nitrogens is 1. The van der Waals surface area contributed by atoms with Crippen LogP contribution in [-0.4, -0.2) is 35.1 Å². The first-order valence-electron chi connectivity index (χ1n) is 5.78. The molecule has 0 spiro atoms. The molecule has 2 aromatic heterocycles. The number of carbonyl (C=O) groups excluding carboxylic acids is 2. The molecular weight excluding hydrogens is 264 g/mol. The molecule has 0 aromatic carbocycles. The Labute approximate surface area is 114 Å². The van der Waals surface area contributed by atoms with Crippen LogP contribution in [0.3, 0.4) is 0 Å². The molecule has 7 heteroatoms. The second-order valence-corrected chi connectivity index (χ2v) is 4.83. The fraction of sp³-hybridized carbons (Fsp3) is 0.250. The lowest BCUT2D eigenvalue weighted by atomic mass is 10.3. The normalized spacial score (nSPS) is 10.2. The maximum atomic E-state index is 11.8. The SMILES string of the molecule is Cc1ccsc1C(=O)NCCNC(=O)c1ccn[nH]1. The highest BCUT2D eigenvalue weighted by Gasteiger charge is 2.10. The van der Waals surface area contributed by atoms with E-state index in [1.54, 1.807) is 6.07 Å². The first-order valence-corrected chi connectivity index (χ1v) is 6.66. The van der Waals surface area contributed by atoms with E-state index in [4.69, 9.17) is 0 Å². The van der Waals surface area contributed by atoms with Crippen molar-refractivity contribution in [3.05, 3.63) is 39.8 Å². The number of aromatic amines is 1. The molecule has 2 amide bonds. The maximum absolute atomic E-state index is 11.8. The minimum absolute atomic E-state index is 0.108. The van der Waals surface area contributed by atoms with E-state index in [1.807, 2.05) is 18.4 Å². The largest absolute Gasteiger partial charge is 0.350 e. The molecule has 0 aliphatic heterocycles. The van der Waals surface area contributed by atoms with Gasteiger partial charge in [0.25, 0.3) is 11.8 Å². The van der Waals surface area contributed by atoms with Gasteiger partial charge in [-0.1, -0.05) is 0 Å². The lowest BCUT2D eigenvalue weighted by Crippen LogP contribution is -2.34. The van der Waals surface area contributed by atoms with Crippen molar-refractivity contribution < 1.29 is 9.59 Å². The Balaban J connectivity index is 1.71. The zero-order valence-electron chi connectivity index (χ0n) is 10.4. The zero-order chi connectivity index (χ0) is 13.7. The van der Waals surface area contributed by atoms with Gasteiger partial charge in [-0.3, -0.25) is 14.7 Å². The summed E-state index contributed by atoms with van der Waals surface area (Å²) in [5.41, 5.74) is 1.37. The summed E-state index contributed by atoms with van der Waals surface area (Å²) in [6.07, 6.45) is 1.51. The van der Waals surface area contributed by atoms with Crippen LogP contribution in [0.2, 0.25) is 0 Å². The molecule has 19 heavy (non-hydrogen) atoms. The van der Waals surface area contributed by atoms with Crippen molar-refractivity contribution in [3.8, 4) is 0 Å². The summed E-state index contributed by atoms with van der Waals surface area (Å²) < 4.78 is 0. The van der Waals surface area contributed by atoms with Crippen molar-refractivity contribution in [2.24, 2.45) is 0 Å². The van der Waals surface area contributed by atoms with Crippen LogP contribution in [-0.2, 0) is 0 Å². The number of aryl methyl sites for hydroxylation is 1. The average Bonchev–Trinajstić information content (AvgIpc) is 3.04. The van der Waals surface area contributed by atoms with Crippen molar-refractivity contribution >= 4 is 23.2 Å². The third kappa shape index (κ3) is 3.41. The number of hydrogen-bond acceptors (Lipinski definition) is 4. The quantitative estimate of drug-likeness (QED) is 0.711. The predicted octanol–water partition coefficient (Wildman–Crippen LogP) is 0.939. The van der Waals surface area contributed by atoms with Gasteiger partial charge in [-0.25, -0.2) is 0 Å². The number of hydrogen-bond donors (Lipinski definition) is 3. The van der Waals surface area contributed by atoms with Gasteiger partial charge in [0.1, 0.15) is 5.69 Å². The summed E-state index contributed by atoms with van der Waals surface area (Å²) in [6, 6.07) is 3.49. The smallest absolute Gasteiger partial charge is 0.269 e. The van der Waals surface area contributed by atoms with Crippen molar-refractivity contribution in [2.45, 2.75) is 6.92 Å². The van der Waals surface area contributed by atoms with Gasteiger partial charge in [0, 0.05) is 19.3 Å². The van der Waals surface area contributed by atoms with E-state index in [2.05, 4.69) is 20.8 Å². The molecule has 0 radical (unpaired) electrons. The minimum Gasteiger partial charge on any atom is -0.350 e. The number of nitrogens with zero attached hydrogens (tertiary/aromatic N) is 1. The van der Waals surface area contributed by atoms with Crippen molar-refractivity contribution in [3.63, 3.8) is 0 Å². The standard InChI is InChI=1S/C12H14N4O2S/c1-8-3-7-19-10(8)12(18)14-6-5-13-11(17)9-2-4-15-16-9/h2-4,7H,5-6H2,1H3,(H,13,17)(H,14,18)(H,15,16). The third-order valence-electron chi connectivity index (χ3n) is 2.51. The van der Waals surface area contributed by atoms with E-state index in [9.17, 15) is 9.59 Å². The van der Waals surface area contributed by atoms with Crippen LogP contribution in [0.5, 0.6) is 0 Å². The van der Waals surface area contributed by atoms with Crippen molar-refractivity contribution in [1.82, 2.24) is 20.8 Å². The molecule has 100 valence electrons. The van der Waals surface area contributed by atoms with Crippen LogP contribution in [0, 0.1) is 6.92 Å². The van der Waals surface area contributed by atoms with Gasteiger partial charge in [0.05, 0.1) is 4.88 Å². The number of rotatable bonds is 5. The molecule has 0 unspecified atom stereocenters. The lowest BCUT2D eigenvalue weighted by molar-refractivity contribution is 0.0926. The summed E-state index contributed by atoms with van der Waals surface area (Å²) in [4.78, 5) is 24.0. The van der Waals surface area contributed by atoms with E-state index < -0.39 is 0 Å². The van der Waals surface area contributed by atoms with Crippen LogP contribution < -0.4 is 10.6 Å². The Bertz CT molecular complexity index is 562. The van der Waals surface area contributed by atoms with Crippen LogP contribution in [0.25, 0.3) is 0 Å². The number of nitrogens with one attached hydrogen (secondary N) is 3. The van der Waals surface area contributed by atoms with Gasteiger partial charge in [0.15, 0.2) is 0 Å². The first-order chi connectivity index (χ1) is 9.18. The molecular formula is C12H14N4O2S. The number of carbonyl (C=O) groups is 2. The molecule has 0 atom stereocenters. The van der Waals surface area contributed by atoms with Gasteiger partial charge < -0.3 is 10.6 Å². The van der Waals surface area contributed by atoms with Crippen LogP contribution in [0.4, 0.5) is 0 Å².